The lowest BCUT2D eigenvalue weighted by atomic mass is 10.5. The average Bonchev–Trinajstić information content (AvgIpc) is 2.57. The number of likely N-dealkylation sites (N-methyl/N-ethyl adjacent to an activating group) is 1. The van der Waals surface area contributed by atoms with Gasteiger partial charge in [0.05, 0.1) is 12.9 Å². The van der Waals surface area contributed by atoms with Crippen molar-refractivity contribution in [3.63, 3.8) is 0 Å². The van der Waals surface area contributed by atoms with Crippen molar-refractivity contribution in [2.75, 3.05) is 20.1 Å². The number of nitrogens with zero attached hydrogens (tertiary/aromatic N) is 2. The van der Waals surface area contributed by atoms with E-state index in [0.717, 1.165) is 6.54 Å². The van der Waals surface area contributed by atoms with Crippen LogP contribution in [0, 0.1) is 0 Å². The standard InChI is InChI=1S/C8H14N4O/c1-9-6-8(13)11-3-5-12-4-2-10-7-12/h2,4,7,9H,3,5-6H2,1H3,(H,11,13). The zero-order valence-corrected chi connectivity index (χ0v) is 7.66. The highest BCUT2D eigenvalue weighted by atomic mass is 16.1. The van der Waals surface area contributed by atoms with Crippen molar-refractivity contribution in [3.05, 3.63) is 18.7 Å². The summed E-state index contributed by atoms with van der Waals surface area (Å²) in [5, 5.41) is 5.55. The first-order valence-electron chi connectivity index (χ1n) is 4.20. The summed E-state index contributed by atoms with van der Waals surface area (Å²) in [5.41, 5.74) is 0. The third-order valence-corrected chi connectivity index (χ3v) is 1.59. The summed E-state index contributed by atoms with van der Waals surface area (Å²) in [6.07, 6.45) is 5.31. The molecule has 0 saturated carbocycles. The SMILES string of the molecule is CNCC(=O)NCCn1ccnc1. The Balaban J connectivity index is 2.11. The maximum Gasteiger partial charge on any atom is 0.234 e. The van der Waals surface area contributed by atoms with Gasteiger partial charge >= 0.3 is 0 Å². The molecule has 0 spiro atoms. The van der Waals surface area contributed by atoms with Crippen molar-refractivity contribution >= 4 is 5.91 Å². The number of hydrogen-bond acceptors (Lipinski definition) is 3. The molecule has 0 radical (unpaired) electrons. The Kier molecular flexibility index (Phi) is 3.98. The number of carbonyl (C=O) groups excluding carboxylic acids is 1. The van der Waals surface area contributed by atoms with Gasteiger partial charge < -0.3 is 15.2 Å². The molecule has 0 atom stereocenters. The molecule has 13 heavy (non-hydrogen) atoms. The predicted molar refractivity (Wildman–Crippen MR) is 49.2 cm³/mol. The van der Waals surface area contributed by atoms with Crippen molar-refractivity contribution in [1.82, 2.24) is 20.2 Å². The molecule has 1 aromatic rings. The van der Waals surface area contributed by atoms with Crippen LogP contribution in [0.2, 0.25) is 0 Å². The summed E-state index contributed by atoms with van der Waals surface area (Å²) in [4.78, 5) is 14.9. The molecule has 0 aliphatic heterocycles. The number of imidazole rings is 1. The molecule has 5 heteroatoms. The molecular weight excluding hydrogens is 168 g/mol. The number of hydrogen-bond donors (Lipinski definition) is 2. The molecule has 0 aliphatic rings. The Bertz CT molecular complexity index is 245. The Labute approximate surface area is 77.2 Å². The lowest BCUT2D eigenvalue weighted by molar-refractivity contribution is -0.120. The third kappa shape index (κ3) is 3.71. The highest BCUT2D eigenvalue weighted by Gasteiger charge is 1.96. The summed E-state index contributed by atoms with van der Waals surface area (Å²) in [6, 6.07) is 0. The topological polar surface area (TPSA) is 59.0 Å². The lowest BCUT2D eigenvalue weighted by Crippen LogP contribution is -2.34. The van der Waals surface area contributed by atoms with Crippen molar-refractivity contribution in [2.45, 2.75) is 6.54 Å². The molecule has 0 aromatic carbocycles. The van der Waals surface area contributed by atoms with Crippen molar-refractivity contribution in [2.24, 2.45) is 0 Å². The van der Waals surface area contributed by atoms with Gasteiger partial charge in [0.2, 0.25) is 5.91 Å². The minimum Gasteiger partial charge on any atom is -0.353 e. The zero-order chi connectivity index (χ0) is 9.52. The molecule has 0 bridgehead atoms. The molecule has 1 rings (SSSR count). The Morgan fingerprint density at radius 2 is 2.46 bits per heavy atom. The van der Waals surface area contributed by atoms with E-state index >= 15 is 0 Å². The summed E-state index contributed by atoms with van der Waals surface area (Å²) >= 11 is 0. The van der Waals surface area contributed by atoms with Crippen LogP contribution in [0.5, 0.6) is 0 Å². The normalized spacial score (nSPS) is 9.92. The minimum atomic E-state index is 0.0163. The van der Waals surface area contributed by atoms with Gasteiger partial charge in [-0.15, -0.1) is 0 Å². The average molecular weight is 182 g/mol. The lowest BCUT2D eigenvalue weighted by Gasteiger charge is -2.04. The van der Waals surface area contributed by atoms with E-state index < -0.39 is 0 Å². The van der Waals surface area contributed by atoms with Crippen LogP contribution < -0.4 is 10.6 Å². The summed E-state index contributed by atoms with van der Waals surface area (Å²) < 4.78 is 1.92. The third-order valence-electron chi connectivity index (χ3n) is 1.59. The van der Waals surface area contributed by atoms with Crippen molar-refractivity contribution in [1.29, 1.82) is 0 Å². The summed E-state index contributed by atoms with van der Waals surface area (Å²) in [5.74, 6) is 0.0163. The molecule has 1 heterocycles. The largest absolute Gasteiger partial charge is 0.353 e. The number of amides is 1. The van der Waals surface area contributed by atoms with Crippen LogP contribution >= 0.6 is 0 Å². The number of rotatable bonds is 5. The fourth-order valence-corrected chi connectivity index (χ4v) is 0.966. The Hall–Kier alpha value is -1.36. The fourth-order valence-electron chi connectivity index (χ4n) is 0.966. The Morgan fingerprint density at radius 1 is 1.62 bits per heavy atom. The van der Waals surface area contributed by atoms with E-state index in [1.807, 2.05) is 10.8 Å². The van der Waals surface area contributed by atoms with Crippen LogP contribution in [0.1, 0.15) is 0 Å². The van der Waals surface area contributed by atoms with Gasteiger partial charge in [0.15, 0.2) is 0 Å². The summed E-state index contributed by atoms with van der Waals surface area (Å²) in [7, 11) is 1.75. The molecule has 0 unspecified atom stereocenters. The molecule has 0 saturated heterocycles. The quantitative estimate of drug-likeness (QED) is 0.628. The summed E-state index contributed by atoms with van der Waals surface area (Å²) in [6.45, 7) is 1.76. The molecule has 72 valence electrons. The van der Waals surface area contributed by atoms with Crippen LogP contribution in [0.15, 0.2) is 18.7 Å². The number of nitrogens with one attached hydrogen (secondary N) is 2. The highest BCUT2D eigenvalue weighted by molar-refractivity contribution is 5.77. The second kappa shape index (κ2) is 5.31. The van der Waals surface area contributed by atoms with Crippen molar-refractivity contribution in [3.8, 4) is 0 Å². The van der Waals surface area contributed by atoms with Crippen LogP contribution in [0.25, 0.3) is 0 Å². The van der Waals surface area contributed by atoms with Gasteiger partial charge in [0, 0.05) is 25.5 Å². The Morgan fingerprint density at radius 3 is 3.08 bits per heavy atom. The first-order chi connectivity index (χ1) is 6.33. The van der Waals surface area contributed by atoms with Gasteiger partial charge in [-0.25, -0.2) is 4.98 Å². The smallest absolute Gasteiger partial charge is 0.234 e. The van der Waals surface area contributed by atoms with Gasteiger partial charge in [-0.05, 0) is 7.05 Å². The van der Waals surface area contributed by atoms with Gasteiger partial charge in [0.25, 0.3) is 0 Å². The monoisotopic (exact) mass is 182 g/mol. The molecule has 0 aliphatic carbocycles. The second-order valence-corrected chi connectivity index (χ2v) is 2.68. The fraction of sp³-hybridized carbons (Fsp3) is 0.500. The first-order valence-corrected chi connectivity index (χ1v) is 4.20. The van der Waals surface area contributed by atoms with Crippen LogP contribution in [0.4, 0.5) is 0 Å². The van der Waals surface area contributed by atoms with Crippen molar-refractivity contribution < 1.29 is 4.79 Å². The predicted octanol–water partition coefficient (Wildman–Crippen LogP) is -0.781. The van der Waals surface area contributed by atoms with E-state index in [2.05, 4.69) is 15.6 Å². The number of aromatic nitrogens is 2. The van der Waals surface area contributed by atoms with Gasteiger partial charge in [0.1, 0.15) is 0 Å². The number of carbonyl (C=O) groups is 1. The highest BCUT2D eigenvalue weighted by Crippen LogP contribution is 1.83. The van der Waals surface area contributed by atoms with E-state index in [1.165, 1.54) is 0 Å². The maximum atomic E-state index is 11.0. The maximum absolute atomic E-state index is 11.0. The molecule has 0 fully saturated rings. The van der Waals surface area contributed by atoms with Gasteiger partial charge in [-0.2, -0.15) is 0 Å². The molecular formula is C8H14N4O. The van der Waals surface area contributed by atoms with Gasteiger partial charge in [-0.1, -0.05) is 0 Å². The van der Waals surface area contributed by atoms with E-state index in [1.54, 1.807) is 19.6 Å². The molecule has 2 N–H and O–H groups in total. The van der Waals surface area contributed by atoms with E-state index in [-0.39, 0.29) is 5.91 Å². The molecule has 5 nitrogen and oxygen atoms in total. The molecule has 1 aromatic heterocycles. The second-order valence-electron chi connectivity index (χ2n) is 2.68. The van der Waals surface area contributed by atoms with Crippen LogP contribution in [-0.2, 0) is 11.3 Å². The zero-order valence-electron chi connectivity index (χ0n) is 7.66. The van der Waals surface area contributed by atoms with Crippen LogP contribution in [0.3, 0.4) is 0 Å². The van der Waals surface area contributed by atoms with E-state index in [9.17, 15) is 4.79 Å². The first kappa shape index (κ1) is 9.73. The van der Waals surface area contributed by atoms with Crippen LogP contribution in [-0.4, -0.2) is 35.6 Å². The van der Waals surface area contributed by atoms with E-state index in [0.29, 0.717) is 13.1 Å². The van der Waals surface area contributed by atoms with E-state index in [4.69, 9.17) is 0 Å². The van der Waals surface area contributed by atoms with Gasteiger partial charge in [-0.3, -0.25) is 4.79 Å². The minimum absolute atomic E-state index is 0.0163. The molecule has 1 amide bonds.